The number of rotatable bonds is 24. The molecule has 0 saturated heterocycles. The SMILES string of the molecule is N#Cc1cc(CCCOCCCOCCCc2cc(C#N)c(OCc3ccccc3)cc2OCc2ccccc2)c(OCc2ccccc2)cc1OCc1ccccc1. The Hall–Kier alpha value is -6.58. The number of hydrogen-bond donors (Lipinski definition) is 0. The predicted octanol–water partition coefficient (Wildman–Crippen LogP) is 10.7. The number of benzene rings is 6. The maximum Gasteiger partial charge on any atom is 0.141 e. The van der Waals surface area contributed by atoms with Crippen molar-refractivity contribution >= 4 is 0 Å². The first-order valence-corrected chi connectivity index (χ1v) is 20.1. The van der Waals surface area contributed by atoms with Crippen molar-refractivity contribution in [2.75, 3.05) is 26.4 Å². The van der Waals surface area contributed by atoms with Gasteiger partial charge < -0.3 is 28.4 Å². The summed E-state index contributed by atoms with van der Waals surface area (Å²) in [5.41, 5.74) is 7.02. The summed E-state index contributed by atoms with van der Waals surface area (Å²) in [6, 6.07) is 51.9. The third-order valence-corrected chi connectivity index (χ3v) is 9.56. The van der Waals surface area contributed by atoms with Crippen LogP contribution in [0.4, 0.5) is 0 Å². The lowest BCUT2D eigenvalue weighted by Gasteiger charge is -2.16. The van der Waals surface area contributed by atoms with E-state index in [2.05, 4.69) is 12.1 Å². The van der Waals surface area contributed by atoms with Gasteiger partial charge in [0.2, 0.25) is 0 Å². The van der Waals surface area contributed by atoms with Crippen molar-refractivity contribution in [1.29, 1.82) is 10.5 Å². The summed E-state index contributed by atoms with van der Waals surface area (Å²) in [7, 11) is 0. The zero-order valence-electron chi connectivity index (χ0n) is 33.4. The summed E-state index contributed by atoms with van der Waals surface area (Å²) in [5, 5.41) is 19.9. The zero-order valence-corrected chi connectivity index (χ0v) is 33.4. The molecular weight excluding hydrogens is 737 g/mol. The first-order valence-electron chi connectivity index (χ1n) is 20.1. The van der Waals surface area contributed by atoms with Crippen LogP contribution in [0.2, 0.25) is 0 Å². The first-order chi connectivity index (χ1) is 29.2. The number of aryl methyl sites for hydroxylation is 2. The van der Waals surface area contributed by atoms with Crippen molar-refractivity contribution in [3.8, 4) is 35.1 Å². The van der Waals surface area contributed by atoms with E-state index in [9.17, 15) is 10.5 Å². The van der Waals surface area contributed by atoms with Crippen LogP contribution in [0.5, 0.6) is 23.0 Å². The monoisotopic (exact) mass is 786 g/mol. The minimum atomic E-state index is 0.359. The molecular formula is C51H50N2O6. The van der Waals surface area contributed by atoms with Crippen LogP contribution in [0.15, 0.2) is 146 Å². The predicted molar refractivity (Wildman–Crippen MR) is 228 cm³/mol. The lowest BCUT2D eigenvalue weighted by molar-refractivity contribution is 0.0809. The smallest absolute Gasteiger partial charge is 0.141 e. The topological polar surface area (TPSA) is 103 Å². The number of ether oxygens (including phenoxy) is 6. The molecule has 8 heteroatoms. The second-order valence-electron chi connectivity index (χ2n) is 14.0. The Balaban J connectivity index is 0.944. The fourth-order valence-electron chi connectivity index (χ4n) is 6.42. The van der Waals surface area contributed by atoms with Gasteiger partial charge in [-0.15, -0.1) is 0 Å². The lowest BCUT2D eigenvalue weighted by atomic mass is 10.0. The second kappa shape index (κ2) is 23.6. The van der Waals surface area contributed by atoms with Crippen LogP contribution in [-0.2, 0) is 48.7 Å². The van der Waals surface area contributed by atoms with E-state index in [0.717, 1.165) is 52.6 Å². The Morgan fingerprint density at radius 2 is 0.661 bits per heavy atom. The van der Waals surface area contributed by atoms with E-state index >= 15 is 0 Å². The van der Waals surface area contributed by atoms with Crippen LogP contribution in [0, 0.1) is 22.7 Å². The van der Waals surface area contributed by atoms with Crippen molar-refractivity contribution in [3.63, 3.8) is 0 Å². The number of hydrogen-bond acceptors (Lipinski definition) is 8. The standard InChI is InChI=1S/C51H50N2O6/c52-34-46-30-44(48(56-36-40-16-5-1-6-17-40)32-50(46)58-38-42-20-9-3-10-21-42)24-13-26-54-28-15-29-55-27-14-25-45-31-47(35-53)51(59-39-43-22-11-4-12-23-43)33-49(45)57-37-41-18-7-2-8-19-41/h1-12,16-23,30-33H,13-15,24-29,36-39H2. The van der Waals surface area contributed by atoms with Crippen molar-refractivity contribution in [2.24, 2.45) is 0 Å². The van der Waals surface area contributed by atoms with Gasteiger partial charge >= 0.3 is 0 Å². The molecule has 6 rings (SSSR count). The molecule has 6 aromatic carbocycles. The summed E-state index contributed by atoms with van der Waals surface area (Å²) in [6.45, 7) is 3.86. The summed E-state index contributed by atoms with van der Waals surface area (Å²) in [5.74, 6) is 2.42. The Morgan fingerprint density at radius 3 is 0.983 bits per heavy atom. The lowest BCUT2D eigenvalue weighted by Crippen LogP contribution is -2.06. The average molecular weight is 787 g/mol. The van der Waals surface area contributed by atoms with Crippen LogP contribution in [0.1, 0.15) is 63.8 Å². The fourth-order valence-corrected chi connectivity index (χ4v) is 6.42. The van der Waals surface area contributed by atoms with E-state index < -0.39 is 0 Å². The largest absolute Gasteiger partial charge is 0.488 e. The molecule has 59 heavy (non-hydrogen) atoms. The molecule has 0 unspecified atom stereocenters. The van der Waals surface area contributed by atoms with Gasteiger partial charge in [0.05, 0.1) is 11.1 Å². The molecule has 0 atom stereocenters. The van der Waals surface area contributed by atoms with Gasteiger partial charge in [0, 0.05) is 38.6 Å². The average Bonchev–Trinajstić information content (AvgIpc) is 3.29. The Bertz CT molecular complexity index is 2080. The Kier molecular flexibility index (Phi) is 16.8. The highest BCUT2D eigenvalue weighted by atomic mass is 16.5. The number of nitriles is 2. The maximum atomic E-state index is 9.97. The molecule has 0 amide bonds. The van der Waals surface area contributed by atoms with Gasteiger partial charge in [0.1, 0.15) is 61.6 Å². The molecule has 0 N–H and O–H groups in total. The summed E-state index contributed by atoms with van der Waals surface area (Å²) >= 11 is 0. The summed E-state index contributed by atoms with van der Waals surface area (Å²) in [6.07, 6.45) is 3.70. The third kappa shape index (κ3) is 13.8. The Labute approximate surface area is 348 Å². The molecule has 0 aliphatic rings. The van der Waals surface area contributed by atoms with Gasteiger partial charge in [-0.3, -0.25) is 0 Å². The highest BCUT2D eigenvalue weighted by molar-refractivity contribution is 5.53. The molecule has 8 nitrogen and oxygen atoms in total. The zero-order chi connectivity index (χ0) is 40.7. The van der Waals surface area contributed by atoms with Gasteiger partial charge in [-0.25, -0.2) is 0 Å². The molecule has 0 radical (unpaired) electrons. The highest BCUT2D eigenvalue weighted by Crippen LogP contribution is 2.33. The number of nitrogens with zero attached hydrogens (tertiary/aromatic N) is 2. The molecule has 300 valence electrons. The molecule has 0 spiro atoms. The normalized spacial score (nSPS) is 10.7. The van der Waals surface area contributed by atoms with Crippen LogP contribution < -0.4 is 18.9 Å². The van der Waals surface area contributed by atoms with E-state index in [1.165, 1.54) is 0 Å². The van der Waals surface area contributed by atoms with E-state index in [-0.39, 0.29) is 0 Å². The van der Waals surface area contributed by atoms with Crippen LogP contribution >= 0.6 is 0 Å². The van der Waals surface area contributed by atoms with Crippen molar-refractivity contribution < 1.29 is 28.4 Å². The molecule has 0 heterocycles. The van der Waals surface area contributed by atoms with Crippen LogP contribution in [0.3, 0.4) is 0 Å². The summed E-state index contributed by atoms with van der Waals surface area (Å²) in [4.78, 5) is 0. The molecule has 6 aromatic rings. The summed E-state index contributed by atoms with van der Waals surface area (Å²) < 4.78 is 36.7. The minimum absolute atomic E-state index is 0.359. The third-order valence-electron chi connectivity index (χ3n) is 9.56. The molecule has 0 bridgehead atoms. The maximum absolute atomic E-state index is 9.97. The van der Waals surface area contributed by atoms with Gasteiger partial charge in [-0.1, -0.05) is 121 Å². The molecule has 0 saturated carbocycles. The van der Waals surface area contributed by atoms with Crippen LogP contribution in [-0.4, -0.2) is 26.4 Å². The molecule has 0 fully saturated rings. The van der Waals surface area contributed by atoms with Gasteiger partial charge in [-0.2, -0.15) is 10.5 Å². The van der Waals surface area contributed by atoms with E-state index in [0.29, 0.717) is 99.8 Å². The van der Waals surface area contributed by atoms with E-state index in [1.807, 2.05) is 146 Å². The van der Waals surface area contributed by atoms with E-state index in [1.54, 1.807) is 0 Å². The second-order valence-corrected chi connectivity index (χ2v) is 14.0. The molecule has 0 aliphatic carbocycles. The molecule has 0 aliphatic heterocycles. The first kappa shape index (κ1) is 42.0. The van der Waals surface area contributed by atoms with Gasteiger partial charge in [0.25, 0.3) is 0 Å². The van der Waals surface area contributed by atoms with E-state index in [4.69, 9.17) is 28.4 Å². The van der Waals surface area contributed by atoms with Crippen molar-refractivity contribution in [2.45, 2.75) is 58.5 Å². The van der Waals surface area contributed by atoms with Gasteiger partial charge in [0.15, 0.2) is 0 Å². The quantitative estimate of drug-likeness (QED) is 0.0559. The highest BCUT2D eigenvalue weighted by Gasteiger charge is 2.15. The van der Waals surface area contributed by atoms with Crippen molar-refractivity contribution in [3.05, 3.63) is 190 Å². The van der Waals surface area contributed by atoms with Crippen molar-refractivity contribution in [1.82, 2.24) is 0 Å². The fraction of sp³-hybridized carbons (Fsp3) is 0.255. The van der Waals surface area contributed by atoms with Gasteiger partial charge in [-0.05, 0) is 77.6 Å². The molecule has 0 aromatic heterocycles. The minimum Gasteiger partial charge on any atom is -0.488 e. The van der Waals surface area contributed by atoms with Crippen LogP contribution in [0.25, 0.3) is 0 Å². The Morgan fingerprint density at radius 1 is 0.356 bits per heavy atom.